The summed E-state index contributed by atoms with van der Waals surface area (Å²) in [6.45, 7) is 0. The van der Waals surface area contributed by atoms with Crippen LogP contribution in [0.5, 0.6) is 0 Å². The Labute approximate surface area is 99.9 Å². The maximum Gasteiger partial charge on any atom is 0.332 e. The lowest BCUT2D eigenvalue weighted by Crippen LogP contribution is -1.99. The first kappa shape index (κ1) is 11.8. The van der Waals surface area contributed by atoms with Crippen molar-refractivity contribution in [2.45, 2.75) is 11.3 Å². The molecule has 0 aliphatic heterocycles. The molecule has 0 atom stereocenters. The van der Waals surface area contributed by atoms with Crippen molar-refractivity contribution in [2.24, 2.45) is 0 Å². The third-order valence-corrected chi connectivity index (χ3v) is 3.40. The molecule has 0 amide bonds. The zero-order chi connectivity index (χ0) is 12.3. The summed E-state index contributed by atoms with van der Waals surface area (Å²) in [7, 11) is -4.65. The molecule has 0 saturated heterocycles. The molecule has 0 aliphatic carbocycles. The van der Waals surface area contributed by atoms with E-state index in [1.165, 1.54) is 12.1 Å². The van der Waals surface area contributed by atoms with Gasteiger partial charge in [-0.1, -0.05) is 48.5 Å². The van der Waals surface area contributed by atoms with E-state index < -0.39 is 10.2 Å². The van der Waals surface area contributed by atoms with Gasteiger partial charge in [-0.3, -0.25) is 0 Å². The van der Waals surface area contributed by atoms with Crippen molar-refractivity contribution in [3.05, 3.63) is 65.7 Å². The van der Waals surface area contributed by atoms with E-state index in [0.717, 1.165) is 5.56 Å². The van der Waals surface area contributed by atoms with Gasteiger partial charge in [-0.25, -0.2) is 0 Å². The second kappa shape index (κ2) is 4.67. The van der Waals surface area contributed by atoms with Crippen LogP contribution in [0.4, 0.5) is 3.89 Å². The van der Waals surface area contributed by atoms with Crippen LogP contribution >= 0.6 is 0 Å². The molecule has 2 nitrogen and oxygen atoms in total. The second-order valence-corrected chi connectivity index (χ2v) is 5.02. The molecule has 0 N–H and O–H groups in total. The fourth-order valence-electron chi connectivity index (χ4n) is 1.70. The molecule has 0 saturated carbocycles. The average molecular weight is 250 g/mol. The fourth-order valence-corrected chi connectivity index (χ4v) is 2.40. The topological polar surface area (TPSA) is 34.1 Å². The van der Waals surface area contributed by atoms with E-state index in [0.29, 0.717) is 12.0 Å². The van der Waals surface area contributed by atoms with Crippen LogP contribution in [-0.4, -0.2) is 8.42 Å². The normalized spacial score (nSPS) is 11.4. The van der Waals surface area contributed by atoms with Crippen molar-refractivity contribution in [2.75, 3.05) is 0 Å². The van der Waals surface area contributed by atoms with Gasteiger partial charge in [0.2, 0.25) is 0 Å². The highest BCUT2D eigenvalue weighted by Crippen LogP contribution is 2.20. The van der Waals surface area contributed by atoms with Gasteiger partial charge in [0.15, 0.2) is 0 Å². The SMILES string of the molecule is O=S(=O)(F)c1ccccc1Cc1ccccc1. The summed E-state index contributed by atoms with van der Waals surface area (Å²) in [5.74, 6) is 0. The van der Waals surface area contributed by atoms with E-state index >= 15 is 0 Å². The quantitative estimate of drug-likeness (QED) is 0.785. The standard InChI is InChI=1S/C13H11FO2S/c14-17(15,16)13-9-5-4-8-12(13)10-11-6-2-1-3-7-11/h1-9H,10H2. The fraction of sp³-hybridized carbons (Fsp3) is 0.0769. The molecule has 0 aromatic heterocycles. The van der Waals surface area contributed by atoms with Crippen molar-refractivity contribution < 1.29 is 12.3 Å². The highest BCUT2D eigenvalue weighted by molar-refractivity contribution is 7.86. The number of halogens is 1. The van der Waals surface area contributed by atoms with Crippen LogP contribution in [0.25, 0.3) is 0 Å². The maximum atomic E-state index is 13.1. The molecule has 88 valence electrons. The second-order valence-electron chi connectivity index (χ2n) is 3.71. The molecule has 0 heterocycles. The molecular weight excluding hydrogens is 239 g/mol. The predicted octanol–water partition coefficient (Wildman–Crippen LogP) is 2.94. The first-order valence-corrected chi connectivity index (χ1v) is 6.52. The summed E-state index contributed by atoms with van der Waals surface area (Å²) in [6.07, 6.45) is 0.403. The van der Waals surface area contributed by atoms with Gasteiger partial charge in [0.1, 0.15) is 4.90 Å². The van der Waals surface area contributed by atoms with Crippen LogP contribution in [-0.2, 0) is 16.6 Å². The van der Waals surface area contributed by atoms with Crippen LogP contribution in [0.15, 0.2) is 59.5 Å². The smallest absolute Gasteiger partial charge is 0.189 e. The molecule has 2 aromatic rings. The Hall–Kier alpha value is -1.68. The Morgan fingerprint density at radius 1 is 0.882 bits per heavy atom. The molecule has 17 heavy (non-hydrogen) atoms. The predicted molar refractivity (Wildman–Crippen MR) is 64.0 cm³/mol. The van der Waals surface area contributed by atoms with E-state index in [2.05, 4.69) is 0 Å². The van der Waals surface area contributed by atoms with E-state index in [9.17, 15) is 12.3 Å². The lowest BCUT2D eigenvalue weighted by molar-refractivity contribution is 0.551. The molecule has 0 fully saturated rings. The minimum absolute atomic E-state index is 0.246. The van der Waals surface area contributed by atoms with Gasteiger partial charge < -0.3 is 0 Å². The summed E-state index contributed by atoms with van der Waals surface area (Å²) in [4.78, 5) is -0.246. The van der Waals surface area contributed by atoms with Crippen LogP contribution in [0.1, 0.15) is 11.1 Å². The largest absolute Gasteiger partial charge is 0.332 e. The monoisotopic (exact) mass is 250 g/mol. The molecule has 0 aliphatic rings. The first-order valence-electron chi connectivity index (χ1n) is 5.14. The third kappa shape index (κ3) is 2.91. The van der Waals surface area contributed by atoms with Crippen LogP contribution in [0.2, 0.25) is 0 Å². The van der Waals surface area contributed by atoms with Crippen molar-refractivity contribution in [1.29, 1.82) is 0 Å². The summed E-state index contributed by atoms with van der Waals surface area (Å²) in [5, 5.41) is 0. The molecule has 0 bridgehead atoms. The van der Waals surface area contributed by atoms with Gasteiger partial charge in [0.25, 0.3) is 0 Å². The minimum atomic E-state index is -4.65. The Morgan fingerprint density at radius 2 is 1.47 bits per heavy atom. The Balaban J connectivity index is 2.41. The number of hydrogen-bond acceptors (Lipinski definition) is 2. The van der Waals surface area contributed by atoms with Gasteiger partial charge in [-0.05, 0) is 23.6 Å². The van der Waals surface area contributed by atoms with E-state index in [1.807, 2.05) is 30.3 Å². The summed E-state index contributed by atoms with van der Waals surface area (Å²) < 4.78 is 35.0. The molecule has 0 radical (unpaired) electrons. The van der Waals surface area contributed by atoms with E-state index in [-0.39, 0.29) is 4.90 Å². The average Bonchev–Trinajstić information content (AvgIpc) is 2.30. The lowest BCUT2D eigenvalue weighted by atomic mass is 10.1. The maximum absolute atomic E-state index is 13.1. The van der Waals surface area contributed by atoms with Crippen molar-refractivity contribution in [1.82, 2.24) is 0 Å². The number of hydrogen-bond donors (Lipinski definition) is 0. The van der Waals surface area contributed by atoms with Crippen LogP contribution in [0, 0.1) is 0 Å². The Morgan fingerprint density at radius 3 is 2.12 bits per heavy atom. The van der Waals surface area contributed by atoms with Crippen molar-refractivity contribution in [3.8, 4) is 0 Å². The Kier molecular flexibility index (Phi) is 3.24. The van der Waals surface area contributed by atoms with Crippen LogP contribution < -0.4 is 0 Å². The van der Waals surface area contributed by atoms with Crippen molar-refractivity contribution >= 4 is 10.2 Å². The summed E-state index contributed by atoms with van der Waals surface area (Å²) in [5.41, 5.74) is 1.42. The number of benzene rings is 2. The summed E-state index contributed by atoms with van der Waals surface area (Å²) in [6, 6.07) is 15.5. The third-order valence-electron chi connectivity index (χ3n) is 2.47. The molecule has 0 spiro atoms. The van der Waals surface area contributed by atoms with E-state index in [4.69, 9.17) is 0 Å². The van der Waals surface area contributed by atoms with Gasteiger partial charge in [-0.15, -0.1) is 3.89 Å². The highest BCUT2D eigenvalue weighted by Gasteiger charge is 2.16. The first-order chi connectivity index (χ1) is 8.07. The Bertz CT molecular complexity index is 606. The molecule has 2 aromatic carbocycles. The zero-order valence-corrected chi connectivity index (χ0v) is 9.82. The molecule has 2 rings (SSSR count). The lowest BCUT2D eigenvalue weighted by Gasteiger charge is -2.05. The minimum Gasteiger partial charge on any atom is -0.189 e. The molecule has 4 heteroatoms. The summed E-state index contributed by atoms with van der Waals surface area (Å²) >= 11 is 0. The molecular formula is C13H11FO2S. The van der Waals surface area contributed by atoms with Gasteiger partial charge in [-0.2, -0.15) is 8.42 Å². The zero-order valence-electron chi connectivity index (χ0n) is 9.01. The van der Waals surface area contributed by atoms with Gasteiger partial charge >= 0.3 is 10.2 Å². The van der Waals surface area contributed by atoms with Gasteiger partial charge in [0, 0.05) is 0 Å². The highest BCUT2D eigenvalue weighted by atomic mass is 32.3. The van der Waals surface area contributed by atoms with Crippen molar-refractivity contribution in [3.63, 3.8) is 0 Å². The van der Waals surface area contributed by atoms with Gasteiger partial charge in [0.05, 0.1) is 0 Å². The van der Waals surface area contributed by atoms with Crippen LogP contribution in [0.3, 0.4) is 0 Å². The van der Waals surface area contributed by atoms with E-state index in [1.54, 1.807) is 12.1 Å². The molecule has 0 unspecified atom stereocenters. The number of rotatable bonds is 3.